The molecule has 1 atom stereocenters. The minimum absolute atomic E-state index is 0.379. The number of alkyl halides is 3. The highest BCUT2D eigenvalue weighted by molar-refractivity contribution is 5.21. The van der Waals surface area contributed by atoms with E-state index in [1.807, 2.05) is 0 Å². The number of aromatic nitrogens is 1. The lowest BCUT2D eigenvalue weighted by Gasteiger charge is -2.17. The minimum atomic E-state index is -4.69. The normalized spacial score (nSPS) is 13.1. The molecule has 0 fully saturated rings. The molecule has 0 saturated carbocycles. The highest BCUT2D eigenvalue weighted by atomic mass is 19.4. The van der Waals surface area contributed by atoms with Crippen LogP contribution in [0.2, 0.25) is 0 Å². The maximum Gasteiger partial charge on any atom is 0.574 e. The van der Waals surface area contributed by atoms with Crippen LogP contribution in [0.4, 0.5) is 13.2 Å². The predicted molar refractivity (Wildman–Crippen MR) is 86.6 cm³/mol. The molecular formula is C18H28F3NO. The van der Waals surface area contributed by atoms with Crippen molar-refractivity contribution in [1.29, 1.82) is 0 Å². The Labute approximate surface area is 137 Å². The maximum absolute atomic E-state index is 12.2. The number of pyridine rings is 1. The van der Waals surface area contributed by atoms with Crippen LogP contribution >= 0.6 is 0 Å². The first kappa shape index (κ1) is 19.8. The van der Waals surface area contributed by atoms with Crippen LogP contribution in [0.3, 0.4) is 0 Å². The number of unbranched alkanes of at least 4 members (excludes halogenated alkanes) is 5. The molecule has 0 aliphatic carbocycles. The summed E-state index contributed by atoms with van der Waals surface area (Å²) in [5.41, 5.74) is 1.02. The smallest absolute Gasteiger partial charge is 0.388 e. The van der Waals surface area contributed by atoms with Crippen molar-refractivity contribution in [2.24, 2.45) is 0 Å². The standard InChI is InChI=1S/C18H28F3NO/c1-3-5-7-8-9-11-15(10-6-4-2)16-12-13-17(22-14-16)23-18(19,20)21/h12-15H,3-11H2,1-2H3. The van der Waals surface area contributed by atoms with Gasteiger partial charge in [0.05, 0.1) is 0 Å². The van der Waals surface area contributed by atoms with Gasteiger partial charge in [-0.1, -0.05) is 64.9 Å². The fraction of sp³-hybridized carbons (Fsp3) is 0.722. The molecule has 0 spiro atoms. The largest absolute Gasteiger partial charge is 0.574 e. The number of rotatable bonds is 11. The molecule has 0 saturated heterocycles. The zero-order chi connectivity index (χ0) is 17.1. The molecule has 0 radical (unpaired) electrons. The number of halogens is 3. The highest BCUT2D eigenvalue weighted by Crippen LogP contribution is 2.29. The van der Waals surface area contributed by atoms with Gasteiger partial charge in [0.15, 0.2) is 0 Å². The van der Waals surface area contributed by atoms with Gasteiger partial charge in [0.2, 0.25) is 5.88 Å². The lowest BCUT2D eigenvalue weighted by Crippen LogP contribution is -2.18. The molecule has 1 aromatic rings. The van der Waals surface area contributed by atoms with Gasteiger partial charge in [-0.3, -0.25) is 0 Å². The Morgan fingerprint density at radius 2 is 1.61 bits per heavy atom. The van der Waals surface area contributed by atoms with Crippen LogP contribution < -0.4 is 4.74 Å². The lowest BCUT2D eigenvalue weighted by atomic mass is 9.89. The third-order valence-electron chi connectivity index (χ3n) is 4.01. The van der Waals surface area contributed by atoms with E-state index in [2.05, 4.69) is 23.6 Å². The molecule has 0 aromatic carbocycles. The van der Waals surface area contributed by atoms with Crippen LogP contribution in [-0.4, -0.2) is 11.3 Å². The average molecular weight is 331 g/mol. The first-order chi connectivity index (χ1) is 11.0. The van der Waals surface area contributed by atoms with Gasteiger partial charge < -0.3 is 4.74 Å². The van der Waals surface area contributed by atoms with E-state index in [0.717, 1.165) is 37.7 Å². The average Bonchev–Trinajstić information content (AvgIpc) is 2.49. The van der Waals surface area contributed by atoms with E-state index in [0.29, 0.717) is 5.92 Å². The molecule has 1 rings (SSSR count). The van der Waals surface area contributed by atoms with Crippen molar-refractivity contribution in [3.05, 3.63) is 23.9 Å². The van der Waals surface area contributed by atoms with Crippen LogP contribution in [0, 0.1) is 0 Å². The Morgan fingerprint density at radius 3 is 2.17 bits per heavy atom. The number of hydrogen-bond donors (Lipinski definition) is 0. The van der Waals surface area contributed by atoms with Crippen LogP contribution in [0.1, 0.15) is 83.1 Å². The van der Waals surface area contributed by atoms with E-state index in [4.69, 9.17) is 0 Å². The Bertz CT molecular complexity index is 417. The first-order valence-electron chi connectivity index (χ1n) is 8.68. The van der Waals surface area contributed by atoms with Gasteiger partial charge in [0, 0.05) is 12.3 Å². The topological polar surface area (TPSA) is 22.1 Å². The van der Waals surface area contributed by atoms with Crippen molar-refractivity contribution in [2.45, 2.75) is 83.9 Å². The second-order valence-electron chi connectivity index (χ2n) is 6.02. The second-order valence-corrected chi connectivity index (χ2v) is 6.02. The third-order valence-corrected chi connectivity index (χ3v) is 4.01. The minimum Gasteiger partial charge on any atom is -0.388 e. The van der Waals surface area contributed by atoms with Crippen LogP contribution in [0.25, 0.3) is 0 Å². The van der Waals surface area contributed by atoms with Crippen molar-refractivity contribution in [3.63, 3.8) is 0 Å². The van der Waals surface area contributed by atoms with Gasteiger partial charge in [-0.25, -0.2) is 4.98 Å². The number of nitrogens with zero attached hydrogens (tertiary/aromatic N) is 1. The molecule has 2 nitrogen and oxygen atoms in total. The predicted octanol–water partition coefficient (Wildman–Crippen LogP) is 6.61. The number of hydrogen-bond acceptors (Lipinski definition) is 2. The summed E-state index contributed by atoms with van der Waals surface area (Å²) in [4.78, 5) is 3.81. The van der Waals surface area contributed by atoms with Gasteiger partial charge >= 0.3 is 6.36 Å². The SMILES string of the molecule is CCCCCCCC(CCCC)c1ccc(OC(F)(F)F)nc1. The molecule has 0 amide bonds. The molecule has 1 aromatic heterocycles. The number of ether oxygens (including phenoxy) is 1. The van der Waals surface area contributed by atoms with E-state index in [1.165, 1.54) is 37.9 Å². The summed E-state index contributed by atoms with van der Waals surface area (Å²) < 4.78 is 40.4. The van der Waals surface area contributed by atoms with Gasteiger partial charge in [-0.05, 0) is 24.3 Å². The summed E-state index contributed by atoms with van der Waals surface area (Å²) in [6.45, 7) is 4.34. The molecule has 5 heteroatoms. The molecule has 0 N–H and O–H groups in total. The van der Waals surface area contributed by atoms with E-state index in [9.17, 15) is 13.2 Å². The summed E-state index contributed by atoms with van der Waals surface area (Å²) in [5, 5.41) is 0. The molecule has 23 heavy (non-hydrogen) atoms. The fourth-order valence-corrected chi connectivity index (χ4v) is 2.73. The summed E-state index contributed by atoms with van der Waals surface area (Å²) in [7, 11) is 0. The molecule has 0 aliphatic heterocycles. The maximum atomic E-state index is 12.2. The summed E-state index contributed by atoms with van der Waals surface area (Å²) >= 11 is 0. The van der Waals surface area contributed by atoms with Gasteiger partial charge in [0.25, 0.3) is 0 Å². The summed E-state index contributed by atoms with van der Waals surface area (Å²) in [5.74, 6) is -0.0116. The van der Waals surface area contributed by atoms with E-state index < -0.39 is 12.2 Å². The van der Waals surface area contributed by atoms with Crippen molar-refractivity contribution >= 4 is 0 Å². The van der Waals surface area contributed by atoms with Crippen LogP contribution in [-0.2, 0) is 0 Å². The van der Waals surface area contributed by atoms with Crippen molar-refractivity contribution in [3.8, 4) is 5.88 Å². The van der Waals surface area contributed by atoms with E-state index >= 15 is 0 Å². The van der Waals surface area contributed by atoms with Crippen LogP contribution in [0.5, 0.6) is 5.88 Å². The summed E-state index contributed by atoms with van der Waals surface area (Å²) in [6, 6.07) is 3.04. The molecule has 0 aliphatic rings. The van der Waals surface area contributed by atoms with Crippen molar-refractivity contribution < 1.29 is 17.9 Å². The zero-order valence-corrected chi connectivity index (χ0v) is 14.2. The first-order valence-corrected chi connectivity index (χ1v) is 8.68. The Hall–Kier alpha value is -1.26. The molecule has 132 valence electrons. The Balaban J connectivity index is 2.59. The Morgan fingerprint density at radius 1 is 0.957 bits per heavy atom. The zero-order valence-electron chi connectivity index (χ0n) is 14.2. The second kappa shape index (κ2) is 10.5. The third kappa shape index (κ3) is 8.82. The molecular weight excluding hydrogens is 303 g/mol. The lowest BCUT2D eigenvalue weighted by molar-refractivity contribution is -0.276. The molecule has 0 bridgehead atoms. The van der Waals surface area contributed by atoms with Crippen molar-refractivity contribution in [1.82, 2.24) is 4.98 Å². The summed E-state index contributed by atoms with van der Waals surface area (Å²) in [6.07, 6.45) is 7.37. The molecule has 1 unspecified atom stereocenters. The van der Waals surface area contributed by atoms with Gasteiger partial charge in [-0.15, -0.1) is 13.2 Å². The Kier molecular flexibility index (Phi) is 9.03. The van der Waals surface area contributed by atoms with Crippen LogP contribution in [0.15, 0.2) is 18.3 Å². The monoisotopic (exact) mass is 331 g/mol. The van der Waals surface area contributed by atoms with E-state index in [-0.39, 0.29) is 0 Å². The van der Waals surface area contributed by atoms with Crippen molar-refractivity contribution in [2.75, 3.05) is 0 Å². The van der Waals surface area contributed by atoms with Gasteiger partial charge in [-0.2, -0.15) is 0 Å². The van der Waals surface area contributed by atoms with E-state index in [1.54, 1.807) is 6.07 Å². The quantitative estimate of drug-likeness (QED) is 0.425. The van der Waals surface area contributed by atoms with Gasteiger partial charge in [0.1, 0.15) is 0 Å². The molecule has 1 heterocycles. The fourth-order valence-electron chi connectivity index (χ4n) is 2.73. The highest BCUT2D eigenvalue weighted by Gasteiger charge is 2.31.